The topological polar surface area (TPSA) is 18.5 Å². The normalized spacial score (nSPS) is 16.6. The van der Waals surface area contributed by atoms with Gasteiger partial charge in [-0.15, -0.1) is 0 Å². The second-order valence-corrected chi connectivity index (χ2v) is 22.9. The van der Waals surface area contributed by atoms with Crippen LogP contribution in [0.1, 0.15) is 12.8 Å². The van der Waals surface area contributed by atoms with Crippen LogP contribution in [-0.2, 0) is 8.23 Å². The van der Waals surface area contributed by atoms with Crippen LogP contribution in [0.4, 0.5) is 114 Å². The van der Waals surface area contributed by atoms with Crippen LogP contribution in [0.3, 0.4) is 0 Å². The van der Waals surface area contributed by atoms with Crippen molar-refractivity contribution in [1.29, 1.82) is 0 Å². The minimum Gasteiger partial charge on any atom is -0.436 e. The fourth-order valence-corrected chi connectivity index (χ4v) is 13.2. The molecule has 0 N–H and O–H groups in total. The summed E-state index contributed by atoms with van der Waals surface area (Å²) in [5.41, 5.74) is 0. The summed E-state index contributed by atoms with van der Waals surface area (Å²) in [6.07, 6.45) is -20.7. The second kappa shape index (κ2) is 14.0. The Bertz CT molecular complexity index is 1130. The summed E-state index contributed by atoms with van der Waals surface area (Å²) >= 11 is 0. The average Bonchev–Trinajstić information content (AvgIpc) is 2.88. The van der Waals surface area contributed by atoms with Crippen molar-refractivity contribution in [1.82, 2.24) is 0 Å². The van der Waals surface area contributed by atoms with Crippen molar-refractivity contribution < 1.29 is 122 Å². The third-order valence-corrected chi connectivity index (χ3v) is 16.5. The predicted molar refractivity (Wildman–Crippen MR) is 129 cm³/mol. The van der Waals surface area contributed by atoms with Crippen molar-refractivity contribution >= 4 is 25.9 Å². The Labute approximate surface area is 278 Å². The Morgan fingerprint density at radius 2 is 0.538 bits per heavy atom. The van der Waals surface area contributed by atoms with Gasteiger partial charge < -0.3 is 8.23 Å². The Morgan fingerprint density at radius 3 is 0.731 bits per heavy atom. The van der Waals surface area contributed by atoms with Crippen LogP contribution in [0.2, 0.25) is 44.8 Å². The minimum atomic E-state index is -8.16. The summed E-state index contributed by atoms with van der Waals surface area (Å²) in [5.74, 6) is -76.7. The molecule has 313 valence electrons. The van der Waals surface area contributed by atoms with Crippen molar-refractivity contribution in [3.05, 3.63) is 0 Å². The number of hydrogen-bond donors (Lipinski definition) is 0. The molecule has 0 saturated heterocycles. The zero-order valence-corrected chi connectivity index (χ0v) is 29.0. The number of hydrogen-bond acceptors (Lipinski definition) is 2. The molecule has 0 unspecified atom stereocenters. The largest absolute Gasteiger partial charge is 0.460 e. The van der Waals surface area contributed by atoms with E-state index in [4.69, 9.17) is 8.23 Å². The zero-order valence-electron chi connectivity index (χ0n) is 26.0. The molecule has 0 aromatic carbocycles. The predicted octanol–water partition coefficient (Wildman–Crippen LogP) is 11.8. The lowest BCUT2D eigenvalue weighted by Gasteiger charge is -2.40. The molecule has 0 fully saturated rings. The first-order chi connectivity index (χ1) is 22.0. The molecule has 0 spiro atoms. The molecule has 0 aliphatic heterocycles. The van der Waals surface area contributed by atoms with Crippen LogP contribution in [-0.4, -0.2) is 97.5 Å². The molecular weight excluding hydrogens is 862 g/mol. The van der Waals surface area contributed by atoms with Gasteiger partial charge in [-0.2, -0.15) is 114 Å². The van der Waals surface area contributed by atoms with Gasteiger partial charge in [0.1, 0.15) is 0 Å². The van der Waals surface area contributed by atoms with E-state index in [1.165, 1.54) is 0 Å². The van der Waals surface area contributed by atoms with E-state index < -0.39 is 122 Å². The van der Waals surface area contributed by atoms with E-state index in [0.29, 0.717) is 0 Å². The van der Waals surface area contributed by atoms with Crippen LogP contribution < -0.4 is 0 Å². The molecule has 0 atom stereocenters. The smallest absolute Gasteiger partial charge is 0.436 e. The maximum absolute atomic E-state index is 14.2. The van der Waals surface area contributed by atoms with Crippen molar-refractivity contribution in [2.45, 2.75) is 129 Å². The summed E-state index contributed by atoms with van der Waals surface area (Å²) in [6.45, 7) is 3.75. The first-order valence-electron chi connectivity index (χ1n) is 13.1. The van der Waals surface area contributed by atoms with E-state index >= 15 is 0 Å². The van der Waals surface area contributed by atoms with Crippen LogP contribution in [0.5, 0.6) is 0 Å². The molecule has 0 aromatic heterocycles. The zero-order chi connectivity index (χ0) is 42.8. The van der Waals surface area contributed by atoms with Gasteiger partial charge in [0.2, 0.25) is 0 Å². The highest BCUT2D eigenvalue weighted by atomic mass is 28.4. The van der Waals surface area contributed by atoms with Crippen molar-refractivity contribution in [3.63, 3.8) is 0 Å². The highest BCUT2D eigenvalue weighted by Crippen LogP contribution is 2.62. The van der Waals surface area contributed by atoms with Crippen molar-refractivity contribution in [2.24, 2.45) is 0 Å². The molecule has 2 nitrogen and oxygen atoms in total. The lowest BCUT2D eigenvalue weighted by molar-refractivity contribution is -0.440. The molecule has 0 saturated carbocycles. The molecule has 0 aromatic rings. The molecule has 0 bridgehead atoms. The quantitative estimate of drug-likeness (QED) is 0.101. The Hall–Kier alpha value is -1.25. The van der Waals surface area contributed by atoms with Crippen molar-refractivity contribution in [2.75, 3.05) is 0 Å². The van der Waals surface area contributed by atoms with E-state index in [9.17, 15) is 114 Å². The van der Waals surface area contributed by atoms with Crippen LogP contribution in [0.15, 0.2) is 0 Å². The summed E-state index contributed by atoms with van der Waals surface area (Å²) < 4.78 is 357. The van der Waals surface area contributed by atoms with Crippen molar-refractivity contribution in [3.8, 4) is 0 Å². The van der Waals surface area contributed by atoms with Gasteiger partial charge in [0.25, 0.3) is 0 Å². The third-order valence-electron chi connectivity index (χ3n) is 6.92. The van der Waals surface area contributed by atoms with E-state index in [1.807, 2.05) is 0 Å². The highest BCUT2D eigenvalue weighted by molar-refractivity contribution is 6.81. The molecule has 0 aliphatic carbocycles. The summed E-state index contributed by atoms with van der Waals surface area (Å²) in [5, 5.41) is 0. The van der Waals surface area contributed by atoms with Gasteiger partial charge in [-0.3, -0.25) is 0 Å². The van der Waals surface area contributed by atoms with Gasteiger partial charge in [0, 0.05) is 12.8 Å². The summed E-state index contributed by atoms with van der Waals surface area (Å²) in [4.78, 5) is 0. The fourth-order valence-electron chi connectivity index (χ4n) is 3.74. The lowest BCUT2D eigenvalue weighted by Crippen LogP contribution is -2.70. The van der Waals surface area contributed by atoms with Gasteiger partial charge in [-0.25, -0.2) is 0 Å². The molecule has 1 radical (unpaired) electrons. The molecule has 31 heteroatoms. The van der Waals surface area contributed by atoms with E-state index in [2.05, 4.69) is 0 Å². The highest BCUT2D eigenvalue weighted by Gasteiger charge is 2.92. The maximum Gasteiger partial charge on any atom is 0.460 e. The Morgan fingerprint density at radius 1 is 0.346 bits per heavy atom. The SMILES string of the molecule is C[Si](O[Si](C)(C)CCC(F)(F)C(F)(F)C(F)(F)C(F)(F)C(F)(F)C(F)(F)F)O[Si](C)(C)CCC(F)(F)C(F)(F)C(F)(F)C(F)(F)C(F)(F)C(F)(F)F. The van der Waals surface area contributed by atoms with Gasteiger partial charge in [0.05, 0.1) is 0 Å². The van der Waals surface area contributed by atoms with Crippen LogP contribution >= 0.6 is 0 Å². The fraction of sp³-hybridized carbons (Fsp3) is 1.00. The maximum atomic E-state index is 14.2. The summed E-state index contributed by atoms with van der Waals surface area (Å²) in [7, 11) is -11.5. The average molecular weight is 886 g/mol. The first-order valence-corrected chi connectivity index (χ1v) is 21.2. The number of alkyl halides is 26. The Balaban J connectivity index is 5.93. The monoisotopic (exact) mass is 885 g/mol. The van der Waals surface area contributed by atoms with Crippen LogP contribution in [0, 0.1) is 0 Å². The van der Waals surface area contributed by atoms with E-state index in [1.54, 1.807) is 0 Å². The molecular formula is C21H23F26O2Si3. The third kappa shape index (κ3) is 8.74. The molecule has 0 amide bonds. The molecule has 0 heterocycles. The Kier molecular flexibility index (Phi) is 13.7. The van der Waals surface area contributed by atoms with Gasteiger partial charge in [0.15, 0.2) is 16.6 Å². The number of rotatable bonds is 18. The van der Waals surface area contributed by atoms with Gasteiger partial charge in [-0.05, 0) is 44.8 Å². The first kappa shape index (κ1) is 50.8. The van der Waals surface area contributed by atoms with E-state index in [-0.39, 0.29) is 0 Å². The molecule has 52 heavy (non-hydrogen) atoms. The molecule has 0 aliphatic rings. The van der Waals surface area contributed by atoms with Gasteiger partial charge >= 0.3 is 80.9 Å². The lowest BCUT2D eigenvalue weighted by atomic mass is 9.93. The van der Waals surface area contributed by atoms with Crippen LogP contribution in [0.25, 0.3) is 0 Å². The minimum absolute atomic E-state index is 0.742. The molecule has 0 rings (SSSR count). The van der Waals surface area contributed by atoms with E-state index in [0.717, 1.165) is 32.7 Å². The standard InChI is InChI=1S/C21H23F26O2Si3/c1-50(48-51(2,3)8-6-10(22,23)12(26,27)14(30,31)16(34,35)18(38,39)20(42,43)44)49-52(4,5)9-7-11(24,25)13(28,29)15(32,33)17(36,37)19(40,41)21(45,46)47/h6-9H2,1-5H3. The number of halogens is 26. The summed E-state index contributed by atoms with van der Waals surface area (Å²) in [6, 6.07) is -3.15. The van der Waals surface area contributed by atoms with Gasteiger partial charge in [-0.1, -0.05) is 0 Å². The second-order valence-electron chi connectivity index (χ2n) is 12.2.